The molecule has 7 nitrogen and oxygen atoms in total. The van der Waals surface area contributed by atoms with E-state index in [9.17, 15) is 9.59 Å². The van der Waals surface area contributed by atoms with E-state index in [1.54, 1.807) is 15.3 Å². The van der Waals surface area contributed by atoms with Crippen LogP contribution in [0.2, 0.25) is 0 Å². The lowest BCUT2D eigenvalue weighted by molar-refractivity contribution is -0.122. The van der Waals surface area contributed by atoms with Gasteiger partial charge >= 0.3 is 5.69 Å². The van der Waals surface area contributed by atoms with Gasteiger partial charge in [0, 0.05) is 12.2 Å². The summed E-state index contributed by atoms with van der Waals surface area (Å²) in [5.74, 6) is 0.606. The van der Waals surface area contributed by atoms with Crippen molar-refractivity contribution in [1.29, 1.82) is 0 Å². The molecule has 0 spiro atoms. The summed E-state index contributed by atoms with van der Waals surface area (Å²) in [5.41, 5.74) is 2.22. The molecule has 0 saturated heterocycles. The number of rotatable bonds is 7. The lowest BCUT2D eigenvalue weighted by atomic mass is 9.95. The van der Waals surface area contributed by atoms with Crippen LogP contribution < -0.4 is 15.7 Å². The van der Waals surface area contributed by atoms with Gasteiger partial charge in [-0.1, -0.05) is 31.4 Å². The Morgan fingerprint density at radius 2 is 1.94 bits per heavy atom. The molecule has 31 heavy (non-hydrogen) atoms. The topological polar surface area (TPSA) is 78.1 Å². The van der Waals surface area contributed by atoms with E-state index >= 15 is 0 Å². The molecule has 0 aliphatic heterocycles. The lowest BCUT2D eigenvalue weighted by Gasteiger charge is -2.22. The van der Waals surface area contributed by atoms with Crippen molar-refractivity contribution in [2.45, 2.75) is 64.6 Å². The van der Waals surface area contributed by atoms with Gasteiger partial charge in [-0.05, 0) is 56.5 Å². The van der Waals surface area contributed by atoms with Crippen molar-refractivity contribution in [2.75, 3.05) is 6.61 Å². The zero-order chi connectivity index (χ0) is 21.8. The lowest BCUT2D eigenvalue weighted by Crippen LogP contribution is -2.35. The number of aromatic nitrogens is 3. The molecule has 1 aromatic carbocycles. The number of imidazole rings is 1. The summed E-state index contributed by atoms with van der Waals surface area (Å²) in [6.45, 7) is 4.47. The van der Waals surface area contributed by atoms with Gasteiger partial charge in [0.1, 0.15) is 12.3 Å². The minimum Gasteiger partial charge on any atom is -0.494 e. The highest BCUT2D eigenvalue weighted by molar-refractivity contribution is 5.79. The Bertz CT molecular complexity index is 1090. The van der Waals surface area contributed by atoms with Crippen molar-refractivity contribution in [2.24, 2.45) is 0 Å². The number of hydrogen-bond donors (Lipinski definition) is 1. The van der Waals surface area contributed by atoms with Crippen LogP contribution in [0.25, 0.3) is 11.2 Å². The molecule has 1 N–H and O–H groups in total. The van der Waals surface area contributed by atoms with Crippen LogP contribution in [0.5, 0.6) is 5.75 Å². The fourth-order valence-corrected chi connectivity index (χ4v) is 4.46. The fraction of sp³-hybridized carbons (Fsp3) is 0.458. The number of fused-ring (bicyclic) bond motifs is 1. The SMILES string of the molecule is CCOc1ccc([C@@H](C)NC(=O)Cn2c(=O)n(C3CCCCC3)c3ncccc32)cc1. The molecule has 0 unspecified atom stereocenters. The summed E-state index contributed by atoms with van der Waals surface area (Å²) in [7, 11) is 0. The number of amides is 1. The molecule has 4 rings (SSSR count). The van der Waals surface area contributed by atoms with Crippen molar-refractivity contribution in [3.63, 3.8) is 0 Å². The highest BCUT2D eigenvalue weighted by Gasteiger charge is 2.24. The number of carbonyl (C=O) groups is 1. The summed E-state index contributed by atoms with van der Waals surface area (Å²) >= 11 is 0. The quantitative estimate of drug-likeness (QED) is 0.625. The van der Waals surface area contributed by atoms with Gasteiger partial charge in [0.2, 0.25) is 5.91 Å². The van der Waals surface area contributed by atoms with E-state index in [0.29, 0.717) is 17.8 Å². The molecule has 1 amide bonds. The number of benzene rings is 1. The second kappa shape index (κ2) is 9.37. The Morgan fingerprint density at radius 1 is 1.19 bits per heavy atom. The number of ether oxygens (including phenoxy) is 1. The maximum Gasteiger partial charge on any atom is 0.331 e. The molecule has 2 heterocycles. The highest BCUT2D eigenvalue weighted by atomic mass is 16.5. The molecule has 1 atom stereocenters. The van der Waals surface area contributed by atoms with Crippen LogP contribution in [-0.2, 0) is 11.3 Å². The number of pyridine rings is 1. The zero-order valence-electron chi connectivity index (χ0n) is 18.2. The van der Waals surface area contributed by atoms with Crippen LogP contribution in [0.1, 0.15) is 63.6 Å². The van der Waals surface area contributed by atoms with E-state index in [4.69, 9.17) is 4.74 Å². The molecule has 0 radical (unpaired) electrons. The summed E-state index contributed by atoms with van der Waals surface area (Å²) in [5, 5.41) is 3.01. The van der Waals surface area contributed by atoms with E-state index in [0.717, 1.165) is 37.0 Å². The van der Waals surface area contributed by atoms with Crippen LogP contribution in [-0.4, -0.2) is 26.6 Å². The van der Waals surface area contributed by atoms with Gasteiger partial charge < -0.3 is 10.1 Å². The third-order valence-electron chi connectivity index (χ3n) is 6.03. The van der Waals surface area contributed by atoms with Crippen molar-refractivity contribution < 1.29 is 9.53 Å². The molecule has 1 fully saturated rings. The van der Waals surface area contributed by atoms with Gasteiger partial charge in [-0.2, -0.15) is 0 Å². The largest absolute Gasteiger partial charge is 0.494 e. The molecule has 0 bridgehead atoms. The van der Waals surface area contributed by atoms with Crippen molar-refractivity contribution >= 4 is 17.1 Å². The molecule has 7 heteroatoms. The van der Waals surface area contributed by atoms with Crippen LogP contribution in [0.4, 0.5) is 0 Å². The van der Waals surface area contributed by atoms with E-state index < -0.39 is 0 Å². The first kappa shape index (κ1) is 21.2. The molecular weight excluding hydrogens is 392 g/mol. The van der Waals surface area contributed by atoms with E-state index in [1.165, 1.54) is 6.42 Å². The maximum atomic E-state index is 13.3. The third-order valence-corrected chi connectivity index (χ3v) is 6.03. The number of carbonyl (C=O) groups excluding carboxylic acids is 1. The van der Waals surface area contributed by atoms with Gasteiger partial charge in [-0.15, -0.1) is 0 Å². The molecule has 3 aromatic rings. The van der Waals surface area contributed by atoms with E-state index in [-0.39, 0.29) is 30.2 Å². The first-order chi connectivity index (χ1) is 15.1. The molecule has 1 aliphatic rings. The second-order valence-electron chi connectivity index (χ2n) is 8.17. The van der Waals surface area contributed by atoms with Crippen LogP contribution in [0.3, 0.4) is 0 Å². The summed E-state index contributed by atoms with van der Waals surface area (Å²) in [6.07, 6.45) is 7.13. The Balaban J connectivity index is 1.53. The summed E-state index contributed by atoms with van der Waals surface area (Å²) < 4.78 is 8.83. The monoisotopic (exact) mass is 422 g/mol. The Labute approximate surface area is 182 Å². The Hall–Kier alpha value is -3.09. The van der Waals surface area contributed by atoms with Gasteiger partial charge in [0.15, 0.2) is 5.65 Å². The van der Waals surface area contributed by atoms with Crippen molar-refractivity contribution in [3.8, 4) is 5.75 Å². The number of hydrogen-bond acceptors (Lipinski definition) is 4. The maximum absolute atomic E-state index is 13.3. The molecule has 1 aliphatic carbocycles. The highest BCUT2D eigenvalue weighted by Crippen LogP contribution is 2.29. The van der Waals surface area contributed by atoms with Gasteiger partial charge in [-0.25, -0.2) is 9.78 Å². The van der Waals surface area contributed by atoms with E-state index in [1.807, 2.05) is 50.2 Å². The third kappa shape index (κ3) is 4.50. The normalized spacial score (nSPS) is 15.7. The van der Waals surface area contributed by atoms with Crippen LogP contribution in [0.15, 0.2) is 47.4 Å². The Kier molecular flexibility index (Phi) is 6.39. The predicted octanol–water partition coefficient (Wildman–Crippen LogP) is 3.98. The number of nitrogens with one attached hydrogen (secondary N) is 1. The molecule has 1 saturated carbocycles. The zero-order valence-corrected chi connectivity index (χ0v) is 18.2. The first-order valence-corrected chi connectivity index (χ1v) is 11.2. The van der Waals surface area contributed by atoms with Gasteiger partial charge in [0.05, 0.1) is 18.2 Å². The van der Waals surface area contributed by atoms with Crippen molar-refractivity contribution in [3.05, 3.63) is 58.6 Å². The van der Waals surface area contributed by atoms with Crippen LogP contribution >= 0.6 is 0 Å². The van der Waals surface area contributed by atoms with Crippen molar-refractivity contribution in [1.82, 2.24) is 19.4 Å². The molecule has 2 aromatic heterocycles. The minimum atomic E-state index is -0.199. The Morgan fingerprint density at radius 3 is 2.65 bits per heavy atom. The fourth-order valence-electron chi connectivity index (χ4n) is 4.46. The van der Waals surface area contributed by atoms with Crippen LogP contribution in [0, 0.1) is 0 Å². The van der Waals surface area contributed by atoms with Gasteiger partial charge in [-0.3, -0.25) is 13.9 Å². The number of nitrogens with zero attached hydrogens (tertiary/aromatic N) is 3. The first-order valence-electron chi connectivity index (χ1n) is 11.2. The standard InChI is InChI=1S/C24H30N4O3/c1-3-31-20-13-11-18(12-14-20)17(2)26-22(29)16-27-21-10-7-15-25-23(21)28(24(27)30)19-8-5-4-6-9-19/h7,10-15,17,19H,3-6,8-9,16H2,1-2H3,(H,26,29)/t17-/m1/s1. The van der Waals surface area contributed by atoms with E-state index in [2.05, 4.69) is 10.3 Å². The smallest absolute Gasteiger partial charge is 0.331 e. The summed E-state index contributed by atoms with van der Waals surface area (Å²) in [6, 6.07) is 11.3. The van der Waals surface area contributed by atoms with Gasteiger partial charge in [0.25, 0.3) is 0 Å². The average molecular weight is 423 g/mol. The average Bonchev–Trinajstić information content (AvgIpc) is 3.06. The second-order valence-corrected chi connectivity index (χ2v) is 8.17. The minimum absolute atomic E-state index is 0.0257. The molecule has 164 valence electrons. The predicted molar refractivity (Wildman–Crippen MR) is 120 cm³/mol. The summed E-state index contributed by atoms with van der Waals surface area (Å²) in [4.78, 5) is 30.6. The molecular formula is C24H30N4O3.